The monoisotopic (exact) mass is 378 g/mol. The maximum atomic E-state index is 13.4. The van der Waals surface area contributed by atoms with Crippen molar-refractivity contribution in [2.45, 2.75) is 33.2 Å². The van der Waals surface area contributed by atoms with Crippen molar-refractivity contribution < 1.29 is 4.39 Å². The molecule has 0 saturated carbocycles. The first-order chi connectivity index (χ1) is 13.7. The first-order valence-corrected chi connectivity index (χ1v) is 9.50. The molecule has 0 spiro atoms. The summed E-state index contributed by atoms with van der Waals surface area (Å²) < 4.78 is 17.3. The van der Waals surface area contributed by atoms with E-state index in [0.29, 0.717) is 0 Å². The predicted octanol–water partition coefficient (Wildman–Crippen LogP) is 4.10. The number of anilines is 1. The smallest absolute Gasteiger partial charge is 0.165 e. The molecule has 0 atom stereocenters. The molecule has 4 aromatic rings. The maximum Gasteiger partial charge on any atom is 0.165 e. The Kier molecular flexibility index (Phi) is 5.06. The number of nitrogens with one attached hydrogen (secondary N) is 1. The molecule has 4 rings (SSSR count). The van der Waals surface area contributed by atoms with Crippen LogP contribution in [0.5, 0.6) is 0 Å². The molecule has 1 N–H and O–H groups in total. The molecule has 144 valence electrons. The number of halogens is 1. The minimum atomic E-state index is -0.248. The van der Waals surface area contributed by atoms with Crippen molar-refractivity contribution in [2.24, 2.45) is 0 Å². The topological polar surface area (TPSA) is 60.0 Å². The van der Waals surface area contributed by atoms with Gasteiger partial charge in [0.1, 0.15) is 11.6 Å². The molecule has 28 heavy (non-hydrogen) atoms. The molecule has 0 bridgehead atoms. The number of rotatable bonds is 7. The van der Waals surface area contributed by atoms with Crippen LogP contribution in [0.25, 0.3) is 16.8 Å². The third-order valence-electron chi connectivity index (χ3n) is 4.72. The van der Waals surface area contributed by atoms with Crippen LogP contribution in [-0.4, -0.2) is 30.7 Å². The summed E-state index contributed by atoms with van der Waals surface area (Å²) in [5, 5.41) is 8.27. The van der Waals surface area contributed by atoms with E-state index >= 15 is 0 Å². The lowest BCUT2D eigenvalue weighted by Gasteiger charge is -2.10. The van der Waals surface area contributed by atoms with E-state index in [1.807, 2.05) is 30.0 Å². The Labute approximate surface area is 163 Å². The van der Waals surface area contributed by atoms with Gasteiger partial charge in [-0.05, 0) is 37.5 Å². The van der Waals surface area contributed by atoms with Gasteiger partial charge in [0, 0.05) is 42.8 Å². The number of aryl methyl sites for hydroxylation is 3. The zero-order valence-corrected chi connectivity index (χ0v) is 16.1. The molecule has 0 aliphatic carbocycles. The highest BCUT2D eigenvalue weighted by Gasteiger charge is 2.17. The zero-order valence-electron chi connectivity index (χ0n) is 16.1. The Bertz CT molecular complexity index is 1070. The third-order valence-corrected chi connectivity index (χ3v) is 4.72. The lowest BCUT2D eigenvalue weighted by atomic mass is 10.0. The molecular weight excluding hydrogens is 355 g/mol. The minimum Gasteiger partial charge on any atom is -0.370 e. The summed E-state index contributed by atoms with van der Waals surface area (Å²) >= 11 is 0. The van der Waals surface area contributed by atoms with E-state index < -0.39 is 0 Å². The van der Waals surface area contributed by atoms with Crippen LogP contribution in [0.3, 0.4) is 0 Å². The van der Waals surface area contributed by atoms with Crippen LogP contribution in [0.15, 0.2) is 49.1 Å². The molecule has 0 amide bonds. The molecule has 3 heterocycles. The summed E-state index contributed by atoms with van der Waals surface area (Å²) in [5.41, 5.74) is 4.55. The van der Waals surface area contributed by atoms with E-state index in [2.05, 4.69) is 21.8 Å². The SMILES string of the molecule is CCc1nn2c(NCCCn3ccnc3)cc(C)nc2c1-c1ccc(F)cc1. The van der Waals surface area contributed by atoms with Crippen LogP contribution < -0.4 is 5.32 Å². The van der Waals surface area contributed by atoms with Crippen molar-refractivity contribution in [3.63, 3.8) is 0 Å². The molecule has 1 aromatic carbocycles. The van der Waals surface area contributed by atoms with Crippen LogP contribution in [0.2, 0.25) is 0 Å². The van der Waals surface area contributed by atoms with Gasteiger partial charge in [-0.1, -0.05) is 19.1 Å². The van der Waals surface area contributed by atoms with Crippen molar-refractivity contribution in [2.75, 3.05) is 11.9 Å². The molecule has 0 radical (unpaired) electrons. The Morgan fingerprint density at radius 1 is 1.18 bits per heavy atom. The normalized spacial score (nSPS) is 11.2. The van der Waals surface area contributed by atoms with Crippen molar-refractivity contribution in [3.05, 3.63) is 66.3 Å². The molecule has 0 saturated heterocycles. The lowest BCUT2D eigenvalue weighted by Crippen LogP contribution is -2.10. The van der Waals surface area contributed by atoms with Crippen LogP contribution in [0.4, 0.5) is 10.2 Å². The summed E-state index contributed by atoms with van der Waals surface area (Å²) in [7, 11) is 0. The number of hydrogen-bond acceptors (Lipinski definition) is 4. The van der Waals surface area contributed by atoms with Gasteiger partial charge in [0.05, 0.1) is 12.0 Å². The van der Waals surface area contributed by atoms with E-state index in [4.69, 9.17) is 10.1 Å². The van der Waals surface area contributed by atoms with Gasteiger partial charge in [-0.2, -0.15) is 9.61 Å². The summed E-state index contributed by atoms with van der Waals surface area (Å²) in [6.45, 7) is 5.76. The molecule has 0 aliphatic rings. The Balaban J connectivity index is 1.65. The second-order valence-corrected chi connectivity index (χ2v) is 6.78. The van der Waals surface area contributed by atoms with Gasteiger partial charge in [0.2, 0.25) is 0 Å². The van der Waals surface area contributed by atoms with Crippen LogP contribution in [0.1, 0.15) is 24.7 Å². The fourth-order valence-electron chi connectivity index (χ4n) is 3.37. The number of hydrogen-bond donors (Lipinski definition) is 1. The molecular formula is C21H23FN6. The standard InChI is InChI=1S/C21H23FN6/c1-3-18-20(16-5-7-17(22)8-6-16)21-25-15(2)13-19(28(21)26-18)24-9-4-11-27-12-10-23-14-27/h5-8,10,12-14,24H,3-4,9,11H2,1-2H3. The molecule has 0 fully saturated rings. The fraction of sp³-hybridized carbons (Fsp3) is 0.286. The zero-order chi connectivity index (χ0) is 19.5. The van der Waals surface area contributed by atoms with Crippen LogP contribution in [0, 0.1) is 12.7 Å². The first kappa shape index (κ1) is 18.2. The van der Waals surface area contributed by atoms with E-state index in [1.54, 1.807) is 18.3 Å². The van der Waals surface area contributed by atoms with Gasteiger partial charge in [-0.25, -0.2) is 14.4 Å². The molecule has 3 aromatic heterocycles. The Morgan fingerprint density at radius 2 is 2.00 bits per heavy atom. The highest BCUT2D eigenvalue weighted by molar-refractivity contribution is 5.81. The summed E-state index contributed by atoms with van der Waals surface area (Å²) in [6, 6.07) is 8.53. The third kappa shape index (κ3) is 3.60. The minimum absolute atomic E-state index is 0.248. The van der Waals surface area contributed by atoms with Crippen molar-refractivity contribution >= 4 is 11.5 Å². The molecule has 0 aliphatic heterocycles. The average Bonchev–Trinajstić information content (AvgIpc) is 3.33. The maximum absolute atomic E-state index is 13.4. The predicted molar refractivity (Wildman–Crippen MR) is 108 cm³/mol. The van der Waals surface area contributed by atoms with Crippen LogP contribution in [-0.2, 0) is 13.0 Å². The molecule has 6 nitrogen and oxygen atoms in total. The number of fused-ring (bicyclic) bond motifs is 1. The number of benzene rings is 1. The largest absolute Gasteiger partial charge is 0.370 e. The second kappa shape index (κ2) is 7.80. The van der Waals surface area contributed by atoms with Gasteiger partial charge in [0.15, 0.2) is 5.65 Å². The lowest BCUT2D eigenvalue weighted by molar-refractivity contribution is 0.628. The second-order valence-electron chi connectivity index (χ2n) is 6.78. The highest BCUT2D eigenvalue weighted by atomic mass is 19.1. The van der Waals surface area contributed by atoms with E-state index in [9.17, 15) is 4.39 Å². The number of imidazole rings is 1. The first-order valence-electron chi connectivity index (χ1n) is 9.50. The van der Waals surface area contributed by atoms with E-state index in [1.165, 1.54) is 12.1 Å². The van der Waals surface area contributed by atoms with Gasteiger partial charge in [-0.3, -0.25) is 0 Å². The number of aromatic nitrogens is 5. The Hall–Kier alpha value is -3.22. The summed E-state index contributed by atoms with van der Waals surface area (Å²) in [5.74, 6) is 0.666. The molecule has 0 unspecified atom stereocenters. The van der Waals surface area contributed by atoms with Gasteiger partial charge in [-0.15, -0.1) is 0 Å². The van der Waals surface area contributed by atoms with E-state index in [0.717, 1.165) is 59.9 Å². The molecule has 7 heteroatoms. The highest BCUT2D eigenvalue weighted by Crippen LogP contribution is 2.30. The number of nitrogens with zero attached hydrogens (tertiary/aromatic N) is 5. The van der Waals surface area contributed by atoms with E-state index in [-0.39, 0.29) is 5.82 Å². The fourth-order valence-corrected chi connectivity index (χ4v) is 3.37. The van der Waals surface area contributed by atoms with Gasteiger partial charge >= 0.3 is 0 Å². The summed E-state index contributed by atoms with van der Waals surface area (Å²) in [4.78, 5) is 8.79. The van der Waals surface area contributed by atoms with Crippen molar-refractivity contribution in [1.29, 1.82) is 0 Å². The summed E-state index contributed by atoms with van der Waals surface area (Å²) in [6.07, 6.45) is 7.31. The van der Waals surface area contributed by atoms with Gasteiger partial charge in [0.25, 0.3) is 0 Å². The van der Waals surface area contributed by atoms with Crippen molar-refractivity contribution in [1.82, 2.24) is 24.1 Å². The van der Waals surface area contributed by atoms with Crippen molar-refractivity contribution in [3.8, 4) is 11.1 Å². The quantitative estimate of drug-likeness (QED) is 0.492. The van der Waals surface area contributed by atoms with Gasteiger partial charge < -0.3 is 9.88 Å². The van der Waals surface area contributed by atoms with Crippen LogP contribution >= 0.6 is 0 Å². The average molecular weight is 378 g/mol. The Morgan fingerprint density at radius 3 is 2.71 bits per heavy atom.